The maximum atomic E-state index is 13.0. The van der Waals surface area contributed by atoms with Gasteiger partial charge in [-0.3, -0.25) is 4.79 Å². The summed E-state index contributed by atoms with van der Waals surface area (Å²) >= 11 is 1.81. The molecule has 2 aliphatic heterocycles. The summed E-state index contributed by atoms with van der Waals surface area (Å²) in [6.07, 6.45) is 5.54. The number of nitrogens with zero attached hydrogens (tertiary/aromatic N) is 5. The molecular weight excluding hydrogens is 346 g/mol. The first-order chi connectivity index (χ1) is 12.7. The second-order valence-corrected chi connectivity index (χ2v) is 8.18. The van der Waals surface area contributed by atoms with Crippen LogP contribution < -0.4 is 4.90 Å². The molecule has 0 aromatic carbocycles. The first-order valence-electron chi connectivity index (χ1n) is 9.09. The van der Waals surface area contributed by atoms with Gasteiger partial charge in [-0.1, -0.05) is 0 Å². The number of thiophene rings is 1. The molecule has 26 heavy (non-hydrogen) atoms. The molecule has 0 spiro atoms. The van der Waals surface area contributed by atoms with Gasteiger partial charge in [-0.05, 0) is 42.8 Å². The van der Waals surface area contributed by atoms with Gasteiger partial charge in [0.25, 0.3) is 0 Å². The molecule has 0 radical (unpaired) electrons. The van der Waals surface area contributed by atoms with E-state index in [0.717, 1.165) is 56.0 Å². The normalized spacial score (nSPS) is 20.0. The van der Waals surface area contributed by atoms with Crippen molar-refractivity contribution in [2.75, 3.05) is 24.5 Å². The average molecular weight is 367 g/mol. The third-order valence-electron chi connectivity index (χ3n) is 5.45. The Morgan fingerprint density at radius 3 is 3.19 bits per heavy atom. The fourth-order valence-electron chi connectivity index (χ4n) is 4.12. The first kappa shape index (κ1) is 15.8. The molecule has 0 aliphatic carbocycles. The molecule has 1 saturated heterocycles. The average Bonchev–Trinajstić information content (AvgIpc) is 3.38. The van der Waals surface area contributed by atoms with Crippen LogP contribution in [-0.4, -0.2) is 45.0 Å². The Labute approximate surface area is 156 Å². The minimum absolute atomic E-state index is 0.0567. The summed E-state index contributed by atoms with van der Waals surface area (Å²) in [6.45, 7) is 5.21. The fraction of sp³-hybridized carbons (Fsp3) is 0.421. The summed E-state index contributed by atoms with van der Waals surface area (Å²) < 4.78 is 1.87. The van der Waals surface area contributed by atoms with Crippen molar-refractivity contribution in [1.29, 1.82) is 0 Å². The Morgan fingerprint density at radius 1 is 1.35 bits per heavy atom. The SMILES string of the molecule is Cc1cc2c(N3CCC(C(=O)N4CCc5sccc5C4)C3)nccn2n1. The standard InChI is InChI=1S/C19H21N5OS/c1-13-10-16-18(20-5-8-24(16)21-13)22-6-2-15(12-22)19(25)23-7-3-17-14(11-23)4-9-26-17/h4-5,8-10,15H,2-3,6-7,11-12H2,1H3. The highest BCUT2D eigenvalue weighted by molar-refractivity contribution is 7.10. The number of carbonyl (C=O) groups is 1. The third kappa shape index (κ3) is 2.58. The van der Waals surface area contributed by atoms with E-state index in [1.807, 2.05) is 33.9 Å². The molecule has 7 heteroatoms. The van der Waals surface area contributed by atoms with Crippen molar-refractivity contribution in [1.82, 2.24) is 19.5 Å². The molecule has 2 aliphatic rings. The van der Waals surface area contributed by atoms with Gasteiger partial charge in [-0.2, -0.15) is 5.10 Å². The van der Waals surface area contributed by atoms with Gasteiger partial charge in [-0.15, -0.1) is 11.3 Å². The van der Waals surface area contributed by atoms with Crippen molar-refractivity contribution in [2.45, 2.75) is 26.3 Å². The van der Waals surface area contributed by atoms with Crippen LogP contribution in [0.25, 0.3) is 5.52 Å². The van der Waals surface area contributed by atoms with Crippen LogP contribution in [-0.2, 0) is 17.8 Å². The Kier molecular flexibility index (Phi) is 3.70. The highest BCUT2D eigenvalue weighted by Gasteiger charge is 2.34. The molecule has 5 heterocycles. The Hall–Kier alpha value is -2.41. The summed E-state index contributed by atoms with van der Waals surface area (Å²) in [7, 11) is 0. The summed E-state index contributed by atoms with van der Waals surface area (Å²) in [5, 5.41) is 6.60. The van der Waals surface area contributed by atoms with Crippen molar-refractivity contribution in [3.8, 4) is 0 Å². The smallest absolute Gasteiger partial charge is 0.227 e. The van der Waals surface area contributed by atoms with E-state index < -0.39 is 0 Å². The quantitative estimate of drug-likeness (QED) is 0.698. The van der Waals surface area contributed by atoms with Crippen LogP contribution >= 0.6 is 11.3 Å². The molecule has 0 saturated carbocycles. The minimum Gasteiger partial charge on any atom is -0.354 e. The van der Waals surface area contributed by atoms with Crippen molar-refractivity contribution in [3.63, 3.8) is 0 Å². The third-order valence-corrected chi connectivity index (χ3v) is 6.47. The molecule has 6 nitrogen and oxygen atoms in total. The van der Waals surface area contributed by atoms with Gasteiger partial charge in [0.05, 0.1) is 11.6 Å². The molecule has 0 bridgehead atoms. The van der Waals surface area contributed by atoms with Gasteiger partial charge >= 0.3 is 0 Å². The van der Waals surface area contributed by atoms with Crippen LogP contribution in [0.15, 0.2) is 29.9 Å². The largest absolute Gasteiger partial charge is 0.354 e. The number of hydrogen-bond donors (Lipinski definition) is 0. The number of carbonyl (C=O) groups excluding carboxylic acids is 1. The highest BCUT2D eigenvalue weighted by Crippen LogP contribution is 2.30. The van der Waals surface area contributed by atoms with E-state index in [9.17, 15) is 4.79 Å². The van der Waals surface area contributed by atoms with E-state index in [1.165, 1.54) is 10.4 Å². The predicted molar refractivity (Wildman–Crippen MR) is 101 cm³/mol. The summed E-state index contributed by atoms with van der Waals surface area (Å²) in [6, 6.07) is 4.22. The Morgan fingerprint density at radius 2 is 2.27 bits per heavy atom. The molecule has 134 valence electrons. The van der Waals surface area contributed by atoms with E-state index in [0.29, 0.717) is 5.91 Å². The Bertz CT molecular complexity index is 977. The number of hydrogen-bond acceptors (Lipinski definition) is 5. The van der Waals surface area contributed by atoms with Crippen molar-refractivity contribution >= 4 is 28.6 Å². The van der Waals surface area contributed by atoms with E-state index in [1.54, 1.807) is 6.20 Å². The lowest BCUT2D eigenvalue weighted by molar-refractivity contribution is -0.135. The van der Waals surface area contributed by atoms with Gasteiger partial charge in [0.1, 0.15) is 5.52 Å². The second kappa shape index (κ2) is 6.09. The van der Waals surface area contributed by atoms with Crippen LogP contribution in [0.5, 0.6) is 0 Å². The molecule has 1 atom stereocenters. The fourth-order valence-corrected chi connectivity index (χ4v) is 5.01. The van der Waals surface area contributed by atoms with Crippen LogP contribution in [0.3, 0.4) is 0 Å². The van der Waals surface area contributed by atoms with E-state index in [2.05, 4.69) is 32.5 Å². The molecule has 3 aromatic heterocycles. The zero-order chi connectivity index (χ0) is 17.7. The lowest BCUT2D eigenvalue weighted by Crippen LogP contribution is -2.40. The summed E-state index contributed by atoms with van der Waals surface area (Å²) in [5.74, 6) is 1.28. The van der Waals surface area contributed by atoms with Gasteiger partial charge in [0.2, 0.25) is 5.91 Å². The van der Waals surface area contributed by atoms with E-state index >= 15 is 0 Å². The zero-order valence-electron chi connectivity index (χ0n) is 14.8. The molecular formula is C19H21N5OS. The number of aromatic nitrogens is 3. The minimum atomic E-state index is 0.0567. The Balaban J connectivity index is 1.33. The monoisotopic (exact) mass is 367 g/mol. The molecule has 1 amide bonds. The highest BCUT2D eigenvalue weighted by atomic mass is 32.1. The van der Waals surface area contributed by atoms with Crippen molar-refractivity contribution in [3.05, 3.63) is 46.0 Å². The van der Waals surface area contributed by atoms with Crippen LogP contribution in [0.1, 0.15) is 22.6 Å². The number of rotatable bonds is 2. The molecule has 3 aromatic rings. The van der Waals surface area contributed by atoms with Crippen molar-refractivity contribution < 1.29 is 4.79 Å². The predicted octanol–water partition coefficient (Wildman–Crippen LogP) is 2.51. The topological polar surface area (TPSA) is 53.7 Å². The summed E-state index contributed by atoms with van der Waals surface area (Å²) in [5.41, 5.74) is 3.32. The van der Waals surface area contributed by atoms with Gasteiger partial charge in [-0.25, -0.2) is 9.50 Å². The van der Waals surface area contributed by atoms with E-state index in [4.69, 9.17) is 0 Å². The molecule has 1 unspecified atom stereocenters. The molecule has 1 fully saturated rings. The van der Waals surface area contributed by atoms with E-state index in [-0.39, 0.29) is 5.92 Å². The number of aryl methyl sites for hydroxylation is 1. The van der Waals surface area contributed by atoms with Crippen LogP contribution in [0.2, 0.25) is 0 Å². The van der Waals surface area contributed by atoms with Crippen molar-refractivity contribution in [2.24, 2.45) is 5.92 Å². The first-order valence-corrected chi connectivity index (χ1v) is 9.97. The van der Waals surface area contributed by atoms with Crippen LogP contribution in [0, 0.1) is 12.8 Å². The van der Waals surface area contributed by atoms with Crippen LogP contribution in [0.4, 0.5) is 5.82 Å². The maximum absolute atomic E-state index is 13.0. The molecule has 0 N–H and O–H groups in total. The number of amides is 1. The maximum Gasteiger partial charge on any atom is 0.227 e. The number of anilines is 1. The number of fused-ring (bicyclic) bond motifs is 2. The van der Waals surface area contributed by atoms with Gasteiger partial charge < -0.3 is 9.80 Å². The zero-order valence-corrected chi connectivity index (χ0v) is 15.6. The summed E-state index contributed by atoms with van der Waals surface area (Å²) in [4.78, 5) is 23.3. The lowest BCUT2D eigenvalue weighted by atomic mass is 10.0. The van der Waals surface area contributed by atoms with Gasteiger partial charge in [0, 0.05) is 43.4 Å². The lowest BCUT2D eigenvalue weighted by Gasteiger charge is -2.29. The second-order valence-electron chi connectivity index (χ2n) is 7.18. The molecule has 5 rings (SSSR count). The van der Waals surface area contributed by atoms with Gasteiger partial charge in [0.15, 0.2) is 5.82 Å².